The first kappa shape index (κ1) is 18.3. The van der Waals surface area contributed by atoms with Crippen molar-refractivity contribution in [3.8, 4) is 0 Å². The van der Waals surface area contributed by atoms with Crippen LogP contribution in [0.1, 0.15) is 5.56 Å². The van der Waals surface area contributed by atoms with Crippen molar-refractivity contribution in [2.75, 3.05) is 10.0 Å². The van der Waals surface area contributed by atoms with Gasteiger partial charge in [-0.15, -0.1) is 0 Å². The van der Waals surface area contributed by atoms with E-state index >= 15 is 0 Å². The first-order chi connectivity index (χ1) is 13.0. The Bertz CT molecular complexity index is 995. The molecule has 0 unspecified atom stereocenters. The van der Waals surface area contributed by atoms with Crippen molar-refractivity contribution in [2.24, 2.45) is 0 Å². The molecule has 0 aliphatic heterocycles. The summed E-state index contributed by atoms with van der Waals surface area (Å²) in [5, 5.41) is 2.54. The molecule has 2 aromatic carbocycles. The van der Waals surface area contributed by atoms with Gasteiger partial charge in [0.05, 0.1) is 4.90 Å². The molecular weight excluding hydrogens is 368 g/mol. The Labute approximate surface area is 156 Å². The van der Waals surface area contributed by atoms with E-state index < -0.39 is 16.1 Å². The number of carbonyl (C=O) groups excluding carboxylic acids is 1. The minimum Gasteiger partial charge on any atom is -0.444 e. The van der Waals surface area contributed by atoms with Crippen molar-refractivity contribution in [3.63, 3.8) is 0 Å². The number of hydrogen-bond acceptors (Lipinski definition) is 6. The van der Waals surface area contributed by atoms with Gasteiger partial charge >= 0.3 is 6.09 Å². The third-order valence-electron chi connectivity index (χ3n) is 3.42. The quantitative estimate of drug-likeness (QED) is 0.676. The lowest BCUT2D eigenvalue weighted by atomic mass is 10.2. The lowest BCUT2D eigenvalue weighted by Gasteiger charge is -2.09. The lowest BCUT2D eigenvalue weighted by molar-refractivity contribution is 0.155. The van der Waals surface area contributed by atoms with E-state index in [0.29, 0.717) is 5.69 Å². The van der Waals surface area contributed by atoms with Gasteiger partial charge in [-0.1, -0.05) is 30.3 Å². The molecule has 1 amide bonds. The molecule has 8 nitrogen and oxygen atoms in total. The summed E-state index contributed by atoms with van der Waals surface area (Å²) in [6.45, 7) is 0.139. The smallest absolute Gasteiger partial charge is 0.411 e. The fraction of sp³-hybridized carbons (Fsp3) is 0.0556. The first-order valence-corrected chi connectivity index (χ1v) is 9.39. The molecule has 2 N–H and O–H groups in total. The topological polar surface area (TPSA) is 110 Å². The highest BCUT2D eigenvalue weighted by molar-refractivity contribution is 7.92. The van der Waals surface area contributed by atoms with Crippen LogP contribution in [0.5, 0.6) is 0 Å². The Morgan fingerprint density at radius 2 is 1.59 bits per heavy atom. The maximum Gasteiger partial charge on any atom is 0.411 e. The highest BCUT2D eigenvalue weighted by Gasteiger charge is 2.15. The first-order valence-electron chi connectivity index (χ1n) is 7.90. The summed E-state index contributed by atoms with van der Waals surface area (Å²) in [5.41, 5.74) is 1.27. The highest BCUT2D eigenvalue weighted by atomic mass is 32.2. The van der Waals surface area contributed by atoms with Gasteiger partial charge < -0.3 is 4.74 Å². The molecule has 0 saturated carbocycles. The molecule has 3 aromatic rings. The second kappa shape index (κ2) is 8.28. The molecule has 0 atom stereocenters. The van der Waals surface area contributed by atoms with Crippen LogP contribution < -0.4 is 10.0 Å². The Balaban J connectivity index is 1.59. The number of hydrogen-bond donors (Lipinski definition) is 2. The minimum atomic E-state index is -3.82. The molecule has 1 heterocycles. The second-order valence-electron chi connectivity index (χ2n) is 5.39. The number of nitrogens with zero attached hydrogens (tertiary/aromatic N) is 2. The number of anilines is 2. The molecule has 9 heteroatoms. The van der Waals surface area contributed by atoms with Gasteiger partial charge in [-0.3, -0.25) is 5.32 Å². The Kier molecular flexibility index (Phi) is 5.62. The summed E-state index contributed by atoms with van der Waals surface area (Å²) in [5.74, 6) is -0.0239. The molecule has 0 aliphatic carbocycles. The van der Waals surface area contributed by atoms with E-state index in [0.717, 1.165) is 5.56 Å². The van der Waals surface area contributed by atoms with Gasteiger partial charge in [-0.25, -0.2) is 27.9 Å². The normalized spacial score (nSPS) is 10.8. The van der Waals surface area contributed by atoms with Crippen molar-refractivity contribution in [2.45, 2.75) is 11.5 Å². The van der Waals surface area contributed by atoms with Crippen LogP contribution in [0.2, 0.25) is 0 Å². The van der Waals surface area contributed by atoms with Crippen molar-refractivity contribution >= 4 is 27.8 Å². The van der Waals surface area contributed by atoms with E-state index in [2.05, 4.69) is 20.0 Å². The lowest BCUT2D eigenvalue weighted by Crippen LogP contribution is -2.16. The Hall–Kier alpha value is -3.46. The maximum absolute atomic E-state index is 12.3. The molecule has 0 fully saturated rings. The predicted molar refractivity (Wildman–Crippen MR) is 99.5 cm³/mol. The van der Waals surface area contributed by atoms with E-state index in [1.165, 1.54) is 36.7 Å². The Morgan fingerprint density at radius 3 is 2.26 bits per heavy atom. The molecule has 0 bridgehead atoms. The fourth-order valence-electron chi connectivity index (χ4n) is 2.13. The summed E-state index contributed by atoms with van der Waals surface area (Å²) in [7, 11) is -3.82. The van der Waals surface area contributed by atoms with Crippen LogP contribution >= 0.6 is 0 Å². The van der Waals surface area contributed by atoms with Crippen molar-refractivity contribution in [3.05, 3.63) is 78.6 Å². The average molecular weight is 384 g/mol. The van der Waals surface area contributed by atoms with Crippen molar-refractivity contribution in [1.29, 1.82) is 0 Å². The van der Waals surface area contributed by atoms with Gasteiger partial charge in [-0.2, -0.15) is 0 Å². The zero-order valence-corrected chi connectivity index (χ0v) is 14.9. The van der Waals surface area contributed by atoms with Gasteiger partial charge in [-0.05, 0) is 35.9 Å². The zero-order chi connectivity index (χ0) is 19.1. The number of rotatable bonds is 6. The number of amides is 1. The van der Waals surface area contributed by atoms with Gasteiger partial charge in [0.25, 0.3) is 10.0 Å². The molecule has 0 aliphatic rings. The standard InChI is InChI=1S/C18H16N4O4S/c23-18(26-13-14-5-2-1-3-6-14)21-15-7-9-16(10-8-15)27(24,25)22-17-19-11-4-12-20-17/h1-12H,13H2,(H,21,23)(H,19,20,22). The van der Waals surface area contributed by atoms with Crippen LogP contribution in [-0.2, 0) is 21.4 Å². The summed E-state index contributed by atoms with van der Waals surface area (Å²) >= 11 is 0. The monoisotopic (exact) mass is 384 g/mol. The molecule has 138 valence electrons. The Morgan fingerprint density at radius 1 is 0.926 bits per heavy atom. The zero-order valence-electron chi connectivity index (χ0n) is 14.1. The summed E-state index contributed by atoms with van der Waals surface area (Å²) in [6.07, 6.45) is 2.22. The average Bonchev–Trinajstić information content (AvgIpc) is 2.68. The van der Waals surface area contributed by atoms with Crippen molar-refractivity contribution < 1.29 is 17.9 Å². The van der Waals surface area contributed by atoms with E-state index in [9.17, 15) is 13.2 Å². The molecule has 27 heavy (non-hydrogen) atoms. The number of aromatic nitrogens is 2. The largest absolute Gasteiger partial charge is 0.444 e. The summed E-state index contributed by atoms with van der Waals surface area (Å²) in [4.78, 5) is 19.5. The fourth-order valence-corrected chi connectivity index (χ4v) is 3.08. The number of nitrogens with one attached hydrogen (secondary N) is 2. The van der Waals surface area contributed by atoms with Crippen LogP contribution in [0.3, 0.4) is 0 Å². The molecule has 1 aromatic heterocycles. The van der Waals surface area contributed by atoms with E-state index in [1.54, 1.807) is 6.07 Å². The number of carbonyl (C=O) groups is 1. The number of ether oxygens (including phenoxy) is 1. The second-order valence-corrected chi connectivity index (χ2v) is 7.07. The number of sulfonamides is 1. The molecular formula is C18H16N4O4S. The van der Waals surface area contributed by atoms with Crippen LogP contribution in [0.25, 0.3) is 0 Å². The summed E-state index contributed by atoms with van der Waals surface area (Å²) in [6, 6.07) is 16.5. The van der Waals surface area contributed by atoms with E-state index in [4.69, 9.17) is 4.74 Å². The molecule has 0 spiro atoms. The SMILES string of the molecule is O=C(Nc1ccc(S(=O)(=O)Nc2ncccn2)cc1)OCc1ccccc1. The molecule has 0 saturated heterocycles. The minimum absolute atomic E-state index is 0.0122. The van der Waals surface area contributed by atoms with Crippen LogP contribution in [0.15, 0.2) is 78.0 Å². The molecule has 3 rings (SSSR count). The predicted octanol–water partition coefficient (Wildman–Crippen LogP) is 3.03. The van der Waals surface area contributed by atoms with Crippen molar-refractivity contribution in [1.82, 2.24) is 9.97 Å². The summed E-state index contributed by atoms with van der Waals surface area (Å²) < 4.78 is 32.0. The van der Waals surface area contributed by atoms with Crippen LogP contribution in [0.4, 0.5) is 16.4 Å². The molecule has 0 radical (unpaired) electrons. The van der Waals surface area contributed by atoms with Gasteiger partial charge in [0, 0.05) is 18.1 Å². The van der Waals surface area contributed by atoms with E-state index in [1.807, 2.05) is 30.3 Å². The highest BCUT2D eigenvalue weighted by Crippen LogP contribution is 2.16. The van der Waals surface area contributed by atoms with E-state index in [-0.39, 0.29) is 17.5 Å². The maximum atomic E-state index is 12.3. The third-order valence-corrected chi connectivity index (χ3v) is 4.76. The van der Waals surface area contributed by atoms with Gasteiger partial charge in [0.2, 0.25) is 5.95 Å². The van der Waals surface area contributed by atoms with Gasteiger partial charge in [0.15, 0.2) is 0 Å². The van der Waals surface area contributed by atoms with Gasteiger partial charge in [0.1, 0.15) is 6.61 Å². The van der Waals surface area contributed by atoms with Crippen LogP contribution in [-0.4, -0.2) is 24.5 Å². The van der Waals surface area contributed by atoms with Crippen LogP contribution in [0, 0.1) is 0 Å². The number of benzene rings is 2. The third kappa shape index (κ3) is 5.25.